The summed E-state index contributed by atoms with van der Waals surface area (Å²) in [6.45, 7) is 7.92. The number of likely N-dealkylation sites (tertiary alicyclic amines) is 1. The monoisotopic (exact) mass is 407 g/mol. The maximum atomic E-state index is 12.6. The molecule has 1 spiro atoms. The molecule has 1 saturated heterocycles. The van der Waals surface area contributed by atoms with Gasteiger partial charge in [-0.25, -0.2) is 0 Å². The van der Waals surface area contributed by atoms with Gasteiger partial charge >= 0.3 is 0 Å². The average molecular weight is 408 g/mol. The number of nitrogens with zero attached hydrogens (tertiary/aromatic N) is 2. The zero-order valence-electron chi connectivity index (χ0n) is 18.1. The molecule has 5 nitrogen and oxygen atoms in total. The zero-order valence-corrected chi connectivity index (χ0v) is 18.1. The Balaban J connectivity index is 1.43. The van der Waals surface area contributed by atoms with Crippen LogP contribution in [0.4, 0.5) is 0 Å². The van der Waals surface area contributed by atoms with Crippen LogP contribution in [-0.4, -0.2) is 41.0 Å². The lowest BCUT2D eigenvalue weighted by Crippen LogP contribution is -2.50. The van der Waals surface area contributed by atoms with Gasteiger partial charge in [0.15, 0.2) is 0 Å². The van der Waals surface area contributed by atoms with Gasteiger partial charge in [0.25, 0.3) is 0 Å². The quantitative estimate of drug-likeness (QED) is 0.782. The minimum atomic E-state index is -0.164. The minimum absolute atomic E-state index is 0.148. The number of hydrogen-bond donors (Lipinski definition) is 1. The van der Waals surface area contributed by atoms with Gasteiger partial charge in [-0.3, -0.25) is 14.7 Å². The predicted octanol–water partition coefficient (Wildman–Crippen LogP) is 4.14. The summed E-state index contributed by atoms with van der Waals surface area (Å²) in [6, 6.07) is 12.4. The fourth-order valence-electron chi connectivity index (χ4n) is 4.72. The molecule has 1 N–H and O–H groups in total. The van der Waals surface area contributed by atoms with Gasteiger partial charge in [-0.15, -0.1) is 0 Å². The minimum Gasteiger partial charge on any atom is -0.487 e. The van der Waals surface area contributed by atoms with E-state index in [-0.39, 0.29) is 17.4 Å². The number of nitrogens with one attached hydrogen (secondary N) is 1. The van der Waals surface area contributed by atoms with Crippen LogP contribution >= 0.6 is 0 Å². The number of pyridine rings is 1. The largest absolute Gasteiger partial charge is 0.487 e. The SMILES string of the molecule is CC(C)CNC(=O)C[C@@H]1CC2(CCN(Cc3cccnc3)CC2)Oc2ccccc21. The van der Waals surface area contributed by atoms with Crippen LogP contribution in [0.5, 0.6) is 5.75 Å². The molecule has 2 aliphatic rings. The van der Waals surface area contributed by atoms with Crippen LogP contribution in [-0.2, 0) is 11.3 Å². The normalized spacial score (nSPS) is 20.6. The van der Waals surface area contributed by atoms with Gasteiger partial charge < -0.3 is 10.1 Å². The molecule has 2 aliphatic heterocycles. The van der Waals surface area contributed by atoms with E-state index in [1.807, 2.05) is 24.5 Å². The summed E-state index contributed by atoms with van der Waals surface area (Å²) in [5.74, 6) is 1.79. The van der Waals surface area contributed by atoms with Crippen molar-refractivity contribution in [1.82, 2.24) is 15.2 Å². The summed E-state index contributed by atoms with van der Waals surface area (Å²) in [6.07, 6.45) is 7.20. The van der Waals surface area contributed by atoms with Crippen LogP contribution < -0.4 is 10.1 Å². The third-order valence-corrected chi connectivity index (χ3v) is 6.34. The Hall–Kier alpha value is -2.40. The molecule has 0 unspecified atom stereocenters. The Bertz CT molecular complexity index is 844. The van der Waals surface area contributed by atoms with Crippen LogP contribution in [0.2, 0.25) is 0 Å². The summed E-state index contributed by atoms with van der Waals surface area (Å²) in [5.41, 5.74) is 2.27. The van der Waals surface area contributed by atoms with Gasteiger partial charge in [0.2, 0.25) is 5.91 Å². The maximum absolute atomic E-state index is 12.6. The Labute approximate surface area is 179 Å². The molecule has 1 aromatic carbocycles. The molecule has 3 heterocycles. The van der Waals surface area contributed by atoms with Gasteiger partial charge in [-0.05, 0) is 48.4 Å². The number of aromatic nitrogens is 1. The molecule has 2 aromatic rings. The van der Waals surface area contributed by atoms with E-state index in [0.717, 1.165) is 51.2 Å². The first kappa shape index (κ1) is 20.9. The molecule has 30 heavy (non-hydrogen) atoms. The highest BCUT2D eigenvalue weighted by Crippen LogP contribution is 2.46. The van der Waals surface area contributed by atoms with Crippen molar-refractivity contribution in [2.45, 2.75) is 57.6 Å². The fraction of sp³-hybridized carbons (Fsp3) is 0.520. The molecular formula is C25H33N3O2. The van der Waals surface area contributed by atoms with Crippen molar-refractivity contribution in [3.05, 3.63) is 59.9 Å². The number of rotatable bonds is 6. The van der Waals surface area contributed by atoms with Crippen LogP contribution in [0.1, 0.15) is 56.6 Å². The van der Waals surface area contributed by atoms with E-state index >= 15 is 0 Å². The fourth-order valence-corrected chi connectivity index (χ4v) is 4.72. The van der Waals surface area contributed by atoms with E-state index in [1.54, 1.807) is 0 Å². The third kappa shape index (κ3) is 5.01. The molecule has 0 radical (unpaired) electrons. The number of fused-ring (bicyclic) bond motifs is 1. The van der Waals surface area contributed by atoms with Crippen molar-refractivity contribution < 1.29 is 9.53 Å². The second-order valence-electron chi connectivity index (χ2n) is 9.26. The maximum Gasteiger partial charge on any atom is 0.220 e. The molecular weight excluding hydrogens is 374 g/mol. The lowest BCUT2D eigenvalue weighted by molar-refractivity contribution is -0.122. The average Bonchev–Trinajstić information content (AvgIpc) is 2.75. The van der Waals surface area contributed by atoms with Gasteiger partial charge in [0.1, 0.15) is 11.4 Å². The Morgan fingerprint density at radius 1 is 1.23 bits per heavy atom. The summed E-state index contributed by atoms with van der Waals surface area (Å²) < 4.78 is 6.60. The number of carbonyl (C=O) groups excluding carboxylic acids is 1. The second kappa shape index (κ2) is 9.17. The Morgan fingerprint density at radius 3 is 2.77 bits per heavy atom. The number of piperidine rings is 1. The van der Waals surface area contributed by atoms with Gasteiger partial charge in [0, 0.05) is 50.9 Å². The highest BCUT2D eigenvalue weighted by atomic mass is 16.5. The number of benzene rings is 1. The van der Waals surface area contributed by atoms with E-state index in [0.29, 0.717) is 12.3 Å². The molecule has 1 fully saturated rings. The smallest absolute Gasteiger partial charge is 0.220 e. The lowest BCUT2D eigenvalue weighted by Gasteiger charge is -2.47. The first-order chi connectivity index (χ1) is 14.5. The number of amides is 1. The molecule has 0 bridgehead atoms. The van der Waals surface area contributed by atoms with E-state index in [1.165, 1.54) is 11.1 Å². The van der Waals surface area contributed by atoms with Crippen LogP contribution in [0.25, 0.3) is 0 Å². The third-order valence-electron chi connectivity index (χ3n) is 6.34. The molecule has 160 valence electrons. The highest BCUT2D eigenvalue weighted by molar-refractivity contribution is 5.77. The Morgan fingerprint density at radius 2 is 2.03 bits per heavy atom. The van der Waals surface area contributed by atoms with Crippen molar-refractivity contribution in [3.8, 4) is 5.75 Å². The van der Waals surface area contributed by atoms with Gasteiger partial charge in [0.05, 0.1) is 0 Å². The molecule has 4 rings (SSSR count). The number of hydrogen-bond acceptors (Lipinski definition) is 4. The first-order valence-corrected chi connectivity index (χ1v) is 11.2. The summed E-state index contributed by atoms with van der Waals surface area (Å²) >= 11 is 0. The number of ether oxygens (including phenoxy) is 1. The van der Waals surface area contributed by atoms with E-state index in [4.69, 9.17) is 4.74 Å². The van der Waals surface area contributed by atoms with Gasteiger partial charge in [-0.2, -0.15) is 0 Å². The van der Waals surface area contributed by atoms with E-state index in [2.05, 4.69) is 53.3 Å². The molecule has 1 amide bonds. The molecule has 1 aromatic heterocycles. The van der Waals surface area contributed by atoms with Crippen LogP contribution in [0.3, 0.4) is 0 Å². The van der Waals surface area contributed by atoms with E-state index in [9.17, 15) is 4.79 Å². The van der Waals surface area contributed by atoms with Crippen molar-refractivity contribution in [2.24, 2.45) is 5.92 Å². The van der Waals surface area contributed by atoms with Crippen molar-refractivity contribution >= 4 is 5.91 Å². The molecule has 0 aliphatic carbocycles. The molecule has 5 heteroatoms. The van der Waals surface area contributed by atoms with Gasteiger partial charge in [-0.1, -0.05) is 38.1 Å². The topological polar surface area (TPSA) is 54.5 Å². The highest BCUT2D eigenvalue weighted by Gasteiger charge is 2.43. The second-order valence-corrected chi connectivity index (χ2v) is 9.26. The summed E-state index contributed by atoms with van der Waals surface area (Å²) in [5, 5.41) is 3.09. The Kier molecular flexibility index (Phi) is 6.38. The molecule has 0 saturated carbocycles. The number of carbonyl (C=O) groups is 1. The van der Waals surface area contributed by atoms with Crippen LogP contribution in [0, 0.1) is 5.92 Å². The van der Waals surface area contributed by atoms with Crippen molar-refractivity contribution in [2.75, 3.05) is 19.6 Å². The zero-order chi connectivity index (χ0) is 21.0. The summed E-state index contributed by atoms with van der Waals surface area (Å²) in [7, 11) is 0. The molecule has 1 atom stereocenters. The van der Waals surface area contributed by atoms with E-state index < -0.39 is 0 Å². The predicted molar refractivity (Wildman–Crippen MR) is 118 cm³/mol. The van der Waals surface area contributed by atoms with Crippen molar-refractivity contribution in [1.29, 1.82) is 0 Å². The van der Waals surface area contributed by atoms with Crippen molar-refractivity contribution in [3.63, 3.8) is 0 Å². The number of para-hydroxylation sites is 1. The standard InChI is InChI=1S/C25H33N3O2/c1-19(2)16-27-24(29)14-21-15-25(30-23-8-4-3-7-22(21)23)9-12-28(13-10-25)18-20-6-5-11-26-17-20/h3-8,11,17,19,21H,9-10,12-16,18H2,1-2H3,(H,27,29)/t21-/m1/s1. The lowest BCUT2D eigenvalue weighted by atomic mass is 9.76. The first-order valence-electron chi connectivity index (χ1n) is 11.2. The summed E-state index contributed by atoms with van der Waals surface area (Å²) in [4.78, 5) is 19.3. The van der Waals surface area contributed by atoms with Crippen LogP contribution in [0.15, 0.2) is 48.8 Å².